The molecule has 0 atom stereocenters. The molecule has 0 aliphatic rings. The molecule has 1 N–H and O–H groups in total. The highest BCUT2D eigenvalue weighted by Crippen LogP contribution is 2.33. The van der Waals surface area contributed by atoms with Crippen molar-refractivity contribution in [3.8, 4) is 11.5 Å². The average Bonchev–Trinajstić information content (AvgIpc) is 3.24. The fourth-order valence-electron chi connectivity index (χ4n) is 2.77. The molecule has 9 heteroatoms. The van der Waals surface area contributed by atoms with Gasteiger partial charge in [-0.1, -0.05) is 0 Å². The Morgan fingerprint density at radius 3 is 2.30 bits per heavy atom. The number of thiocarbonyl (C=S) groups is 1. The van der Waals surface area contributed by atoms with Crippen LogP contribution in [0.25, 0.3) is 0 Å². The van der Waals surface area contributed by atoms with Crippen LogP contribution in [0.3, 0.4) is 0 Å². The molecule has 0 fully saturated rings. The number of hydrogen-bond acceptors (Lipinski definition) is 4. The summed E-state index contributed by atoms with van der Waals surface area (Å²) in [7, 11) is 3.06. The lowest BCUT2D eigenvalue weighted by Gasteiger charge is -2.26. The maximum Gasteiger partial charge on any atom is 0.416 e. The summed E-state index contributed by atoms with van der Waals surface area (Å²) in [5.74, 6) is 1.72. The summed E-state index contributed by atoms with van der Waals surface area (Å²) < 4.78 is 54.4. The van der Waals surface area contributed by atoms with Gasteiger partial charge in [0.05, 0.1) is 32.6 Å². The summed E-state index contributed by atoms with van der Waals surface area (Å²) in [6.45, 7) is 0.301. The van der Waals surface area contributed by atoms with Crippen LogP contribution in [0, 0.1) is 0 Å². The minimum atomic E-state index is -4.40. The van der Waals surface area contributed by atoms with Crippen molar-refractivity contribution < 1.29 is 27.1 Å². The molecule has 0 aliphatic heterocycles. The lowest BCUT2D eigenvalue weighted by Crippen LogP contribution is -2.34. The van der Waals surface area contributed by atoms with Crippen LogP contribution < -0.4 is 19.7 Å². The third-order valence-corrected chi connectivity index (χ3v) is 4.60. The molecule has 158 valence electrons. The Labute approximate surface area is 177 Å². The van der Waals surface area contributed by atoms with E-state index in [4.69, 9.17) is 26.1 Å². The van der Waals surface area contributed by atoms with Crippen molar-refractivity contribution >= 4 is 28.7 Å². The van der Waals surface area contributed by atoms with Crippen molar-refractivity contribution in [1.29, 1.82) is 0 Å². The predicted octanol–water partition coefficient (Wildman–Crippen LogP) is 5.72. The summed E-state index contributed by atoms with van der Waals surface area (Å²) in [6, 6.07) is 13.5. The van der Waals surface area contributed by atoms with E-state index in [0.29, 0.717) is 35.2 Å². The number of benzene rings is 2. The van der Waals surface area contributed by atoms with Crippen LogP contribution >= 0.6 is 12.2 Å². The Morgan fingerprint density at radius 1 is 1.03 bits per heavy atom. The van der Waals surface area contributed by atoms with Crippen LogP contribution in [-0.4, -0.2) is 19.3 Å². The topological polar surface area (TPSA) is 46.9 Å². The Hall–Kier alpha value is -3.20. The SMILES string of the molecule is COc1ccc(N(Cc2ccco2)C(=S)Nc2ccc(C(F)(F)F)cc2)cc1OC. The number of nitrogens with zero attached hydrogens (tertiary/aromatic N) is 1. The van der Waals surface area contributed by atoms with Crippen molar-refractivity contribution in [3.05, 3.63) is 72.2 Å². The minimum Gasteiger partial charge on any atom is -0.493 e. The molecule has 0 unspecified atom stereocenters. The van der Waals surface area contributed by atoms with Crippen molar-refractivity contribution in [2.45, 2.75) is 12.7 Å². The van der Waals surface area contributed by atoms with Gasteiger partial charge in [0.1, 0.15) is 5.76 Å². The van der Waals surface area contributed by atoms with Gasteiger partial charge in [-0.05, 0) is 60.7 Å². The molecule has 0 radical (unpaired) electrons. The molecule has 0 amide bonds. The summed E-state index contributed by atoms with van der Waals surface area (Å²) in [6.07, 6.45) is -2.85. The molecule has 30 heavy (non-hydrogen) atoms. The molecular weight excluding hydrogens is 417 g/mol. The second-order valence-electron chi connectivity index (χ2n) is 6.21. The van der Waals surface area contributed by atoms with E-state index in [2.05, 4.69) is 5.32 Å². The minimum absolute atomic E-state index is 0.276. The number of nitrogens with one attached hydrogen (secondary N) is 1. The first-order chi connectivity index (χ1) is 14.3. The van der Waals surface area contributed by atoms with E-state index in [1.807, 2.05) is 0 Å². The Kier molecular flexibility index (Phi) is 6.51. The molecule has 5 nitrogen and oxygen atoms in total. The first-order valence-electron chi connectivity index (χ1n) is 8.82. The zero-order valence-corrected chi connectivity index (χ0v) is 17.0. The van der Waals surface area contributed by atoms with Gasteiger partial charge in [-0.3, -0.25) is 0 Å². The second-order valence-corrected chi connectivity index (χ2v) is 6.60. The predicted molar refractivity (Wildman–Crippen MR) is 112 cm³/mol. The lowest BCUT2D eigenvalue weighted by atomic mass is 10.2. The van der Waals surface area contributed by atoms with Crippen LogP contribution in [0.4, 0.5) is 24.5 Å². The van der Waals surface area contributed by atoms with Crippen molar-refractivity contribution in [2.75, 3.05) is 24.4 Å². The fraction of sp³-hybridized carbons (Fsp3) is 0.190. The number of ether oxygens (including phenoxy) is 2. The van der Waals surface area contributed by atoms with Gasteiger partial charge in [0.15, 0.2) is 16.6 Å². The number of anilines is 2. The number of alkyl halides is 3. The molecular formula is C21H19F3N2O3S. The van der Waals surface area contributed by atoms with E-state index < -0.39 is 11.7 Å². The van der Waals surface area contributed by atoms with Crippen LogP contribution in [-0.2, 0) is 12.7 Å². The van der Waals surface area contributed by atoms with E-state index in [1.165, 1.54) is 26.4 Å². The van der Waals surface area contributed by atoms with Gasteiger partial charge < -0.3 is 24.1 Å². The second kappa shape index (κ2) is 9.08. The highest BCUT2D eigenvalue weighted by molar-refractivity contribution is 7.80. The first-order valence-corrected chi connectivity index (χ1v) is 9.23. The van der Waals surface area contributed by atoms with Crippen LogP contribution in [0.5, 0.6) is 11.5 Å². The zero-order chi connectivity index (χ0) is 21.7. The summed E-state index contributed by atoms with van der Waals surface area (Å²) in [5, 5.41) is 3.25. The summed E-state index contributed by atoms with van der Waals surface area (Å²) >= 11 is 5.54. The van der Waals surface area contributed by atoms with Gasteiger partial charge in [-0.25, -0.2) is 0 Å². The van der Waals surface area contributed by atoms with Gasteiger partial charge in [0.25, 0.3) is 0 Å². The van der Waals surface area contributed by atoms with Crippen molar-refractivity contribution in [2.24, 2.45) is 0 Å². The summed E-state index contributed by atoms with van der Waals surface area (Å²) in [5.41, 5.74) is 0.387. The molecule has 1 heterocycles. The number of furan rings is 1. The smallest absolute Gasteiger partial charge is 0.416 e. The third-order valence-electron chi connectivity index (χ3n) is 4.28. The van der Waals surface area contributed by atoms with E-state index in [0.717, 1.165) is 12.1 Å². The Morgan fingerprint density at radius 2 is 1.73 bits per heavy atom. The standard InChI is InChI=1S/C21H19F3N2O3S/c1-27-18-10-9-16(12-19(18)28-2)26(13-17-4-3-11-29-17)20(30)25-15-7-5-14(6-8-15)21(22,23)24/h3-12H,13H2,1-2H3,(H,25,30). The quantitative estimate of drug-likeness (QED) is 0.499. The molecule has 0 aliphatic carbocycles. The molecule has 0 saturated carbocycles. The number of halogens is 3. The number of rotatable bonds is 6. The molecule has 3 aromatic rings. The average molecular weight is 436 g/mol. The van der Waals surface area contributed by atoms with Crippen molar-refractivity contribution in [1.82, 2.24) is 0 Å². The van der Waals surface area contributed by atoms with E-state index in [-0.39, 0.29) is 5.11 Å². The molecule has 0 spiro atoms. The van der Waals surface area contributed by atoms with Gasteiger partial charge in [-0.2, -0.15) is 13.2 Å². The monoisotopic (exact) mass is 436 g/mol. The molecule has 1 aromatic heterocycles. The fourth-order valence-corrected chi connectivity index (χ4v) is 3.05. The van der Waals surface area contributed by atoms with E-state index in [9.17, 15) is 13.2 Å². The van der Waals surface area contributed by atoms with Crippen LogP contribution in [0.1, 0.15) is 11.3 Å². The van der Waals surface area contributed by atoms with E-state index in [1.54, 1.807) is 41.5 Å². The molecule has 0 saturated heterocycles. The maximum atomic E-state index is 12.8. The van der Waals surface area contributed by atoms with E-state index >= 15 is 0 Å². The van der Waals surface area contributed by atoms with Gasteiger partial charge in [-0.15, -0.1) is 0 Å². The molecule has 2 aromatic carbocycles. The van der Waals surface area contributed by atoms with Crippen LogP contribution in [0.2, 0.25) is 0 Å². The number of hydrogen-bond donors (Lipinski definition) is 1. The van der Waals surface area contributed by atoms with Gasteiger partial charge in [0.2, 0.25) is 0 Å². The van der Waals surface area contributed by atoms with Gasteiger partial charge in [0, 0.05) is 17.4 Å². The third kappa shape index (κ3) is 5.04. The maximum absolute atomic E-state index is 12.8. The zero-order valence-electron chi connectivity index (χ0n) is 16.2. The highest BCUT2D eigenvalue weighted by atomic mass is 32.1. The van der Waals surface area contributed by atoms with Crippen LogP contribution in [0.15, 0.2) is 65.3 Å². The Bertz CT molecular complexity index is 990. The molecule has 0 bridgehead atoms. The largest absolute Gasteiger partial charge is 0.493 e. The number of methoxy groups -OCH3 is 2. The Balaban J connectivity index is 1.87. The van der Waals surface area contributed by atoms with Gasteiger partial charge >= 0.3 is 6.18 Å². The first kappa shape index (κ1) is 21.5. The molecule has 3 rings (SSSR count). The summed E-state index contributed by atoms with van der Waals surface area (Å²) in [4.78, 5) is 1.74. The lowest BCUT2D eigenvalue weighted by molar-refractivity contribution is -0.137. The normalized spacial score (nSPS) is 11.1. The van der Waals surface area contributed by atoms with Crippen molar-refractivity contribution in [3.63, 3.8) is 0 Å². The highest BCUT2D eigenvalue weighted by Gasteiger charge is 2.30.